The standard InChI is InChI=1S/C14H19N3O2S/c1-3-7-16-13(18)9-17(2)14(19)11-8-12(20-10-11)5-4-6-15/h8,10H,3,6-7,9,15H2,1-2H3,(H,16,18). The Bertz CT molecular complexity index is 528. The second-order valence-corrected chi connectivity index (χ2v) is 5.13. The van der Waals surface area contributed by atoms with Gasteiger partial charge in [0.05, 0.1) is 23.5 Å². The number of likely N-dealkylation sites (N-methyl/N-ethyl adjacent to an activating group) is 1. The summed E-state index contributed by atoms with van der Waals surface area (Å²) in [5, 5.41) is 4.48. The van der Waals surface area contributed by atoms with Gasteiger partial charge in [0.2, 0.25) is 5.91 Å². The number of carbonyl (C=O) groups excluding carboxylic acids is 2. The Hall–Kier alpha value is -1.84. The molecule has 0 atom stereocenters. The van der Waals surface area contributed by atoms with E-state index in [1.165, 1.54) is 16.2 Å². The van der Waals surface area contributed by atoms with Crippen molar-refractivity contribution in [1.29, 1.82) is 0 Å². The van der Waals surface area contributed by atoms with Crippen LogP contribution in [0.1, 0.15) is 28.6 Å². The van der Waals surface area contributed by atoms with E-state index in [0.717, 1.165) is 11.3 Å². The fourth-order valence-electron chi connectivity index (χ4n) is 1.48. The SMILES string of the molecule is CCCNC(=O)CN(C)C(=O)c1csc(C#CCN)c1. The van der Waals surface area contributed by atoms with Gasteiger partial charge in [0.25, 0.3) is 5.91 Å². The van der Waals surface area contributed by atoms with Crippen molar-refractivity contribution in [3.63, 3.8) is 0 Å². The van der Waals surface area contributed by atoms with Gasteiger partial charge in [-0.25, -0.2) is 0 Å². The van der Waals surface area contributed by atoms with Crippen LogP contribution >= 0.6 is 11.3 Å². The summed E-state index contributed by atoms with van der Waals surface area (Å²) in [5.74, 6) is 5.28. The third-order valence-electron chi connectivity index (χ3n) is 2.46. The van der Waals surface area contributed by atoms with Gasteiger partial charge in [-0.2, -0.15) is 0 Å². The van der Waals surface area contributed by atoms with Crippen LogP contribution in [0.15, 0.2) is 11.4 Å². The van der Waals surface area contributed by atoms with Crippen LogP contribution in [0.4, 0.5) is 0 Å². The lowest BCUT2D eigenvalue weighted by Gasteiger charge is -2.15. The van der Waals surface area contributed by atoms with Crippen LogP contribution < -0.4 is 11.1 Å². The van der Waals surface area contributed by atoms with Gasteiger partial charge in [-0.1, -0.05) is 18.8 Å². The summed E-state index contributed by atoms with van der Waals surface area (Å²) in [6.45, 7) is 2.94. The molecule has 0 saturated carbocycles. The van der Waals surface area contributed by atoms with Crippen LogP contribution in [0, 0.1) is 11.8 Å². The molecule has 0 unspecified atom stereocenters. The zero-order valence-corrected chi connectivity index (χ0v) is 12.5. The number of hydrogen-bond acceptors (Lipinski definition) is 4. The summed E-state index contributed by atoms with van der Waals surface area (Å²) in [7, 11) is 1.61. The minimum atomic E-state index is -0.186. The largest absolute Gasteiger partial charge is 0.355 e. The quantitative estimate of drug-likeness (QED) is 0.783. The monoisotopic (exact) mass is 293 g/mol. The summed E-state index contributed by atoms with van der Waals surface area (Å²) in [5.41, 5.74) is 5.84. The summed E-state index contributed by atoms with van der Waals surface area (Å²) in [4.78, 5) is 25.9. The van der Waals surface area contributed by atoms with Crippen molar-refractivity contribution in [2.45, 2.75) is 13.3 Å². The molecule has 1 heterocycles. The predicted molar refractivity (Wildman–Crippen MR) is 80.5 cm³/mol. The molecule has 0 fully saturated rings. The van der Waals surface area contributed by atoms with Crippen molar-refractivity contribution >= 4 is 23.2 Å². The van der Waals surface area contributed by atoms with Crippen molar-refractivity contribution < 1.29 is 9.59 Å². The van der Waals surface area contributed by atoms with E-state index in [9.17, 15) is 9.59 Å². The number of hydrogen-bond donors (Lipinski definition) is 2. The molecule has 5 nitrogen and oxygen atoms in total. The number of nitrogens with zero attached hydrogens (tertiary/aromatic N) is 1. The molecule has 0 saturated heterocycles. The Labute approximate surface area is 123 Å². The summed E-state index contributed by atoms with van der Waals surface area (Å²) in [6.07, 6.45) is 0.872. The average Bonchev–Trinajstić information content (AvgIpc) is 2.90. The van der Waals surface area contributed by atoms with Gasteiger partial charge in [-0.15, -0.1) is 11.3 Å². The van der Waals surface area contributed by atoms with Crippen LogP contribution in [-0.2, 0) is 4.79 Å². The molecular weight excluding hydrogens is 274 g/mol. The topological polar surface area (TPSA) is 75.4 Å². The minimum Gasteiger partial charge on any atom is -0.355 e. The maximum absolute atomic E-state index is 12.1. The minimum absolute atomic E-state index is 0.0541. The molecule has 0 aliphatic carbocycles. The molecule has 20 heavy (non-hydrogen) atoms. The Kier molecular flexibility index (Phi) is 6.77. The van der Waals surface area contributed by atoms with E-state index in [1.54, 1.807) is 18.5 Å². The molecule has 0 bridgehead atoms. The first-order valence-corrected chi connectivity index (χ1v) is 7.26. The molecular formula is C14H19N3O2S. The van der Waals surface area contributed by atoms with E-state index >= 15 is 0 Å². The van der Waals surface area contributed by atoms with Crippen molar-refractivity contribution in [2.75, 3.05) is 26.7 Å². The highest BCUT2D eigenvalue weighted by Crippen LogP contribution is 2.15. The number of nitrogens with two attached hydrogens (primary N) is 1. The van der Waals surface area contributed by atoms with Gasteiger partial charge in [-0.05, 0) is 12.5 Å². The van der Waals surface area contributed by atoms with Crippen LogP contribution in [0.2, 0.25) is 0 Å². The second-order valence-electron chi connectivity index (χ2n) is 4.22. The first-order valence-electron chi connectivity index (χ1n) is 6.38. The van der Waals surface area contributed by atoms with Gasteiger partial charge in [0.15, 0.2) is 0 Å². The molecule has 1 aromatic rings. The Morgan fingerprint density at radius 3 is 2.90 bits per heavy atom. The molecule has 1 rings (SSSR count). The van der Waals surface area contributed by atoms with Gasteiger partial charge >= 0.3 is 0 Å². The Morgan fingerprint density at radius 2 is 2.25 bits per heavy atom. The molecule has 108 valence electrons. The molecule has 2 amide bonds. The second kappa shape index (κ2) is 8.35. The van der Waals surface area contributed by atoms with Gasteiger partial charge in [0.1, 0.15) is 0 Å². The third kappa shape index (κ3) is 5.03. The van der Waals surface area contributed by atoms with Gasteiger partial charge in [-0.3, -0.25) is 9.59 Å². The summed E-state index contributed by atoms with van der Waals surface area (Å²) >= 11 is 1.39. The fraction of sp³-hybridized carbons (Fsp3) is 0.429. The first-order chi connectivity index (χ1) is 9.58. The average molecular weight is 293 g/mol. The van der Waals surface area contributed by atoms with Crippen molar-refractivity contribution in [3.05, 3.63) is 21.9 Å². The van der Waals surface area contributed by atoms with Gasteiger partial charge < -0.3 is 16.0 Å². The van der Waals surface area contributed by atoms with E-state index < -0.39 is 0 Å². The van der Waals surface area contributed by atoms with E-state index in [-0.39, 0.29) is 18.4 Å². The summed E-state index contributed by atoms with van der Waals surface area (Å²) < 4.78 is 0. The predicted octanol–water partition coefficient (Wildman–Crippen LogP) is 0.657. The van der Waals surface area contributed by atoms with Crippen LogP contribution in [0.3, 0.4) is 0 Å². The van der Waals surface area contributed by atoms with Crippen LogP contribution in [0.25, 0.3) is 0 Å². The lowest BCUT2D eigenvalue weighted by atomic mass is 10.2. The van der Waals surface area contributed by atoms with Crippen molar-refractivity contribution in [2.24, 2.45) is 5.73 Å². The maximum atomic E-state index is 12.1. The molecule has 1 aromatic heterocycles. The zero-order chi connectivity index (χ0) is 15.0. The summed E-state index contributed by atoms with van der Waals surface area (Å²) in [6, 6.07) is 1.72. The lowest BCUT2D eigenvalue weighted by Crippen LogP contribution is -2.38. The van der Waals surface area contributed by atoms with E-state index in [4.69, 9.17) is 5.73 Å². The van der Waals surface area contributed by atoms with E-state index in [0.29, 0.717) is 18.7 Å². The lowest BCUT2D eigenvalue weighted by molar-refractivity contribution is -0.121. The molecule has 0 aliphatic rings. The van der Waals surface area contributed by atoms with Gasteiger partial charge in [0, 0.05) is 19.0 Å². The molecule has 0 radical (unpaired) electrons. The van der Waals surface area contributed by atoms with Crippen molar-refractivity contribution in [3.8, 4) is 11.8 Å². The number of rotatable bonds is 5. The highest BCUT2D eigenvalue weighted by Gasteiger charge is 2.15. The number of amides is 2. The number of carbonyl (C=O) groups is 2. The molecule has 0 aromatic carbocycles. The Balaban J connectivity index is 2.60. The number of nitrogens with one attached hydrogen (secondary N) is 1. The van der Waals surface area contributed by atoms with Crippen LogP contribution in [-0.4, -0.2) is 43.4 Å². The fourth-order valence-corrected chi connectivity index (χ4v) is 2.23. The Morgan fingerprint density at radius 1 is 1.50 bits per heavy atom. The zero-order valence-electron chi connectivity index (χ0n) is 11.7. The molecule has 0 aliphatic heterocycles. The normalized spacial score (nSPS) is 9.55. The smallest absolute Gasteiger partial charge is 0.254 e. The molecule has 0 spiro atoms. The number of thiophene rings is 1. The molecule has 3 N–H and O–H groups in total. The third-order valence-corrected chi connectivity index (χ3v) is 3.31. The highest BCUT2D eigenvalue weighted by molar-refractivity contribution is 7.10. The van der Waals surface area contributed by atoms with E-state index in [1.807, 2.05) is 6.92 Å². The first kappa shape index (κ1) is 16.2. The molecule has 6 heteroatoms. The van der Waals surface area contributed by atoms with Crippen LogP contribution in [0.5, 0.6) is 0 Å². The van der Waals surface area contributed by atoms with E-state index in [2.05, 4.69) is 17.2 Å². The van der Waals surface area contributed by atoms with Crippen molar-refractivity contribution in [1.82, 2.24) is 10.2 Å². The highest BCUT2D eigenvalue weighted by atomic mass is 32.1. The maximum Gasteiger partial charge on any atom is 0.254 e.